The molecule has 126 valence electrons. The fourth-order valence-corrected chi connectivity index (χ4v) is 3.48. The summed E-state index contributed by atoms with van der Waals surface area (Å²) in [6, 6.07) is 6.83. The first-order chi connectivity index (χ1) is 11.2. The Labute approximate surface area is 139 Å². The molecule has 0 amide bonds. The first-order valence-electron chi connectivity index (χ1n) is 8.95. The van der Waals surface area contributed by atoms with Crippen molar-refractivity contribution in [3.05, 3.63) is 34.9 Å². The van der Waals surface area contributed by atoms with Gasteiger partial charge in [0.05, 0.1) is 12.1 Å². The topological polar surface area (TPSA) is 45.7 Å². The van der Waals surface area contributed by atoms with E-state index in [-0.39, 0.29) is 5.60 Å². The molecule has 0 saturated carbocycles. The average molecular weight is 315 g/mol. The second-order valence-corrected chi connectivity index (χ2v) is 6.91. The molecule has 1 aromatic carbocycles. The van der Waals surface area contributed by atoms with E-state index in [2.05, 4.69) is 42.7 Å². The van der Waals surface area contributed by atoms with Gasteiger partial charge in [0, 0.05) is 19.7 Å². The van der Waals surface area contributed by atoms with Crippen LogP contribution in [0.2, 0.25) is 0 Å². The summed E-state index contributed by atoms with van der Waals surface area (Å²) in [6.07, 6.45) is 6.03. The number of fused-ring (bicyclic) bond motifs is 1. The van der Waals surface area contributed by atoms with Crippen LogP contribution in [0.4, 0.5) is 0 Å². The standard InChI is InChI=1S/C19H29N3O/c1-3-20-18(22-14-19(2)10-5-11-23-19)21-13-15-8-9-16-6-4-7-17(16)12-15/h8-9,12H,3-7,10-11,13-14H2,1-2H3,(H2,20,21,22). The predicted octanol–water partition coefficient (Wildman–Crippen LogP) is 2.80. The van der Waals surface area contributed by atoms with Gasteiger partial charge < -0.3 is 15.4 Å². The first kappa shape index (κ1) is 16.3. The predicted molar refractivity (Wildman–Crippen MR) is 94.9 cm³/mol. The van der Waals surface area contributed by atoms with Crippen LogP contribution in [-0.2, 0) is 24.1 Å². The van der Waals surface area contributed by atoms with Gasteiger partial charge in [0.25, 0.3) is 0 Å². The number of hydrogen-bond donors (Lipinski definition) is 2. The van der Waals surface area contributed by atoms with Crippen molar-refractivity contribution in [3.63, 3.8) is 0 Å². The molecule has 2 aliphatic rings. The van der Waals surface area contributed by atoms with Gasteiger partial charge >= 0.3 is 0 Å². The molecule has 0 bridgehead atoms. The number of benzene rings is 1. The molecular formula is C19H29N3O. The molecule has 4 nitrogen and oxygen atoms in total. The maximum absolute atomic E-state index is 5.84. The second kappa shape index (κ2) is 7.35. The van der Waals surface area contributed by atoms with E-state index >= 15 is 0 Å². The van der Waals surface area contributed by atoms with Crippen molar-refractivity contribution < 1.29 is 4.74 Å². The van der Waals surface area contributed by atoms with Gasteiger partial charge in [0.15, 0.2) is 5.96 Å². The lowest BCUT2D eigenvalue weighted by Gasteiger charge is -2.24. The Balaban J connectivity index is 1.59. The van der Waals surface area contributed by atoms with Gasteiger partial charge in [-0.05, 0) is 62.6 Å². The Morgan fingerprint density at radius 2 is 2.09 bits per heavy atom. The van der Waals surface area contributed by atoms with E-state index in [4.69, 9.17) is 9.73 Å². The zero-order valence-electron chi connectivity index (χ0n) is 14.5. The zero-order valence-corrected chi connectivity index (χ0v) is 14.5. The normalized spacial score (nSPS) is 23.8. The molecule has 0 radical (unpaired) electrons. The van der Waals surface area contributed by atoms with Crippen LogP contribution < -0.4 is 10.6 Å². The monoisotopic (exact) mass is 315 g/mol. The molecule has 1 heterocycles. The molecule has 23 heavy (non-hydrogen) atoms. The highest BCUT2D eigenvalue weighted by atomic mass is 16.5. The van der Waals surface area contributed by atoms with Crippen molar-refractivity contribution in [1.29, 1.82) is 0 Å². The van der Waals surface area contributed by atoms with Gasteiger partial charge in [-0.1, -0.05) is 18.2 Å². The third kappa shape index (κ3) is 4.25. The van der Waals surface area contributed by atoms with Crippen LogP contribution in [0.25, 0.3) is 0 Å². The van der Waals surface area contributed by atoms with Crippen molar-refractivity contribution in [3.8, 4) is 0 Å². The van der Waals surface area contributed by atoms with Gasteiger partial charge in [-0.15, -0.1) is 0 Å². The smallest absolute Gasteiger partial charge is 0.191 e. The summed E-state index contributed by atoms with van der Waals surface area (Å²) in [5.41, 5.74) is 4.28. The van der Waals surface area contributed by atoms with Gasteiger partial charge in [-0.2, -0.15) is 0 Å². The quantitative estimate of drug-likeness (QED) is 0.649. The van der Waals surface area contributed by atoms with Crippen LogP contribution in [0, 0.1) is 0 Å². The first-order valence-corrected chi connectivity index (χ1v) is 8.95. The minimum atomic E-state index is -0.0518. The molecule has 1 atom stereocenters. The van der Waals surface area contributed by atoms with E-state index < -0.39 is 0 Å². The van der Waals surface area contributed by atoms with Gasteiger partial charge in [0.1, 0.15) is 0 Å². The maximum Gasteiger partial charge on any atom is 0.191 e. The maximum atomic E-state index is 5.84. The Morgan fingerprint density at radius 1 is 1.22 bits per heavy atom. The summed E-state index contributed by atoms with van der Waals surface area (Å²) in [6.45, 7) is 7.55. The number of aryl methyl sites for hydroxylation is 2. The van der Waals surface area contributed by atoms with Crippen molar-refractivity contribution in [2.24, 2.45) is 4.99 Å². The number of aliphatic imine (C=N–C) groups is 1. The Hall–Kier alpha value is -1.55. The SMILES string of the molecule is CCNC(=NCc1ccc2c(c1)CCC2)NCC1(C)CCCO1. The van der Waals surface area contributed by atoms with Crippen LogP contribution in [0.1, 0.15) is 49.8 Å². The number of guanidine groups is 1. The molecule has 0 spiro atoms. The lowest BCUT2D eigenvalue weighted by molar-refractivity contribution is 0.0243. The number of ether oxygens (including phenoxy) is 1. The summed E-state index contributed by atoms with van der Waals surface area (Å²) >= 11 is 0. The molecule has 1 aromatic rings. The number of nitrogens with one attached hydrogen (secondary N) is 2. The number of hydrogen-bond acceptors (Lipinski definition) is 2. The van der Waals surface area contributed by atoms with E-state index in [0.717, 1.165) is 45.0 Å². The third-order valence-electron chi connectivity index (χ3n) is 4.86. The summed E-state index contributed by atoms with van der Waals surface area (Å²) in [7, 11) is 0. The molecule has 1 aliphatic carbocycles. The van der Waals surface area contributed by atoms with E-state index in [1.54, 1.807) is 0 Å². The lowest BCUT2D eigenvalue weighted by Crippen LogP contribution is -2.45. The highest BCUT2D eigenvalue weighted by molar-refractivity contribution is 5.79. The van der Waals surface area contributed by atoms with E-state index in [1.165, 1.54) is 36.0 Å². The Morgan fingerprint density at radius 3 is 2.87 bits per heavy atom. The van der Waals surface area contributed by atoms with Gasteiger partial charge in [-0.25, -0.2) is 4.99 Å². The molecular weight excluding hydrogens is 286 g/mol. The van der Waals surface area contributed by atoms with Crippen molar-refractivity contribution in [2.45, 2.75) is 58.1 Å². The van der Waals surface area contributed by atoms with Crippen molar-refractivity contribution in [1.82, 2.24) is 10.6 Å². The summed E-state index contributed by atoms with van der Waals surface area (Å²) in [5, 5.41) is 6.77. The molecule has 0 aromatic heterocycles. The summed E-state index contributed by atoms with van der Waals surface area (Å²) in [5.74, 6) is 0.879. The molecule has 2 N–H and O–H groups in total. The third-order valence-corrected chi connectivity index (χ3v) is 4.86. The van der Waals surface area contributed by atoms with Crippen molar-refractivity contribution >= 4 is 5.96 Å². The molecule has 3 rings (SSSR count). The highest BCUT2D eigenvalue weighted by Gasteiger charge is 2.29. The molecule has 1 fully saturated rings. The fraction of sp³-hybridized carbons (Fsp3) is 0.632. The minimum absolute atomic E-state index is 0.0518. The molecule has 4 heteroatoms. The van der Waals surface area contributed by atoms with Gasteiger partial charge in [0.2, 0.25) is 0 Å². The Kier molecular flexibility index (Phi) is 5.21. The summed E-state index contributed by atoms with van der Waals surface area (Å²) < 4.78 is 5.84. The average Bonchev–Trinajstić information content (AvgIpc) is 3.19. The van der Waals surface area contributed by atoms with Crippen LogP contribution >= 0.6 is 0 Å². The molecule has 1 unspecified atom stereocenters. The van der Waals surface area contributed by atoms with Crippen LogP contribution in [-0.4, -0.2) is 31.3 Å². The van der Waals surface area contributed by atoms with Crippen LogP contribution in [0.15, 0.2) is 23.2 Å². The molecule has 1 saturated heterocycles. The second-order valence-electron chi connectivity index (χ2n) is 6.91. The largest absolute Gasteiger partial charge is 0.373 e. The van der Waals surface area contributed by atoms with E-state index in [1.807, 2.05) is 0 Å². The van der Waals surface area contributed by atoms with Gasteiger partial charge in [-0.3, -0.25) is 0 Å². The molecule has 1 aliphatic heterocycles. The van der Waals surface area contributed by atoms with Crippen LogP contribution in [0.3, 0.4) is 0 Å². The number of rotatable bonds is 5. The Bertz CT molecular complexity index is 562. The van der Waals surface area contributed by atoms with E-state index in [0.29, 0.717) is 0 Å². The van der Waals surface area contributed by atoms with Crippen LogP contribution in [0.5, 0.6) is 0 Å². The summed E-state index contributed by atoms with van der Waals surface area (Å²) in [4.78, 5) is 4.74. The minimum Gasteiger partial charge on any atom is -0.373 e. The fourth-order valence-electron chi connectivity index (χ4n) is 3.48. The van der Waals surface area contributed by atoms with E-state index in [9.17, 15) is 0 Å². The zero-order chi connectivity index (χ0) is 16.1. The van der Waals surface area contributed by atoms with Crippen molar-refractivity contribution in [2.75, 3.05) is 19.7 Å². The highest BCUT2D eigenvalue weighted by Crippen LogP contribution is 2.24. The lowest BCUT2D eigenvalue weighted by atomic mass is 10.0. The number of nitrogens with zero attached hydrogens (tertiary/aromatic N) is 1.